The Hall–Kier alpha value is -2.45. The first-order valence-corrected chi connectivity index (χ1v) is 8.20. The van der Waals surface area contributed by atoms with Gasteiger partial charge in [0.05, 0.1) is 6.04 Å². The minimum absolute atomic E-state index is 0.265. The summed E-state index contributed by atoms with van der Waals surface area (Å²) < 4.78 is 0. The Morgan fingerprint density at radius 2 is 1.74 bits per heavy atom. The van der Waals surface area contributed by atoms with Gasteiger partial charge in [-0.25, -0.2) is 0 Å². The molecule has 0 amide bonds. The molecule has 0 saturated heterocycles. The Balaban J connectivity index is 1.73. The molecule has 0 spiro atoms. The van der Waals surface area contributed by atoms with Crippen molar-refractivity contribution in [2.24, 2.45) is 0 Å². The van der Waals surface area contributed by atoms with Crippen molar-refractivity contribution in [1.82, 2.24) is 10.3 Å². The van der Waals surface area contributed by atoms with E-state index >= 15 is 0 Å². The number of hydrogen-bond acceptors (Lipinski definition) is 2. The molecule has 3 aromatic rings. The van der Waals surface area contributed by atoms with E-state index in [2.05, 4.69) is 71.0 Å². The number of rotatable bonds is 3. The predicted octanol–water partition coefficient (Wildman–Crippen LogP) is 3.91. The van der Waals surface area contributed by atoms with Crippen LogP contribution in [0, 0.1) is 0 Å². The summed E-state index contributed by atoms with van der Waals surface area (Å²) in [4.78, 5) is 4.29. The standard InChI is InChI=1S/C21H20N2/c1-2-6-16(7-3-1)14-17-8-4-5-9-19(17)21-20-11-12-22-15-18(20)10-13-23-21/h1-9,11-12,15,21,23H,10,13-14H2. The fraction of sp³-hybridized carbons (Fsp3) is 0.190. The molecule has 1 atom stereocenters. The van der Waals surface area contributed by atoms with Crippen molar-refractivity contribution in [2.45, 2.75) is 18.9 Å². The average Bonchev–Trinajstić information content (AvgIpc) is 2.63. The lowest BCUT2D eigenvalue weighted by Crippen LogP contribution is -2.31. The second-order valence-electron chi connectivity index (χ2n) is 6.07. The van der Waals surface area contributed by atoms with Crippen molar-refractivity contribution in [3.05, 3.63) is 101 Å². The molecule has 2 heteroatoms. The van der Waals surface area contributed by atoms with Crippen molar-refractivity contribution in [3.8, 4) is 0 Å². The van der Waals surface area contributed by atoms with Crippen LogP contribution in [-0.2, 0) is 12.8 Å². The Kier molecular flexibility index (Phi) is 3.91. The molecule has 1 aliphatic rings. The molecule has 0 saturated carbocycles. The fourth-order valence-corrected chi connectivity index (χ4v) is 3.46. The second kappa shape index (κ2) is 6.35. The SMILES string of the molecule is c1ccc(Cc2ccccc2C2NCCc3cnccc32)cc1. The smallest absolute Gasteiger partial charge is 0.0583 e. The Morgan fingerprint density at radius 3 is 2.65 bits per heavy atom. The summed E-state index contributed by atoms with van der Waals surface area (Å²) >= 11 is 0. The zero-order valence-electron chi connectivity index (χ0n) is 13.1. The van der Waals surface area contributed by atoms with Gasteiger partial charge in [-0.15, -0.1) is 0 Å². The third-order valence-electron chi connectivity index (χ3n) is 4.60. The normalized spacial score (nSPS) is 16.8. The van der Waals surface area contributed by atoms with E-state index in [-0.39, 0.29) is 6.04 Å². The van der Waals surface area contributed by atoms with Gasteiger partial charge in [-0.1, -0.05) is 54.6 Å². The van der Waals surface area contributed by atoms with E-state index in [4.69, 9.17) is 0 Å². The van der Waals surface area contributed by atoms with Crippen molar-refractivity contribution in [1.29, 1.82) is 0 Å². The molecule has 23 heavy (non-hydrogen) atoms. The van der Waals surface area contributed by atoms with Gasteiger partial charge in [-0.3, -0.25) is 4.98 Å². The maximum absolute atomic E-state index is 4.29. The molecule has 1 aromatic heterocycles. The van der Waals surface area contributed by atoms with E-state index in [9.17, 15) is 0 Å². The van der Waals surface area contributed by atoms with Crippen molar-refractivity contribution in [3.63, 3.8) is 0 Å². The van der Waals surface area contributed by atoms with Gasteiger partial charge in [-0.05, 0) is 46.7 Å². The number of aromatic nitrogens is 1. The van der Waals surface area contributed by atoms with E-state index in [1.807, 2.05) is 12.4 Å². The molecule has 1 unspecified atom stereocenters. The quantitative estimate of drug-likeness (QED) is 0.793. The van der Waals surface area contributed by atoms with Gasteiger partial charge in [0, 0.05) is 18.9 Å². The number of nitrogens with one attached hydrogen (secondary N) is 1. The summed E-state index contributed by atoms with van der Waals surface area (Å²) in [5.74, 6) is 0. The zero-order chi connectivity index (χ0) is 15.5. The van der Waals surface area contributed by atoms with Gasteiger partial charge in [0.15, 0.2) is 0 Å². The first-order valence-electron chi connectivity index (χ1n) is 8.20. The summed E-state index contributed by atoms with van der Waals surface area (Å²) in [5.41, 5.74) is 6.85. The van der Waals surface area contributed by atoms with Crippen molar-refractivity contribution in [2.75, 3.05) is 6.54 Å². The molecular weight excluding hydrogens is 280 g/mol. The summed E-state index contributed by atoms with van der Waals surface area (Å²) in [6.45, 7) is 1.00. The largest absolute Gasteiger partial charge is 0.306 e. The van der Waals surface area contributed by atoms with E-state index in [0.717, 1.165) is 19.4 Å². The Bertz CT molecular complexity index is 796. The molecule has 2 aromatic carbocycles. The third kappa shape index (κ3) is 2.90. The number of fused-ring (bicyclic) bond motifs is 1. The van der Waals surface area contributed by atoms with Crippen LogP contribution >= 0.6 is 0 Å². The lowest BCUT2D eigenvalue weighted by Gasteiger charge is -2.28. The number of benzene rings is 2. The molecular formula is C21H20N2. The Morgan fingerprint density at radius 1 is 0.913 bits per heavy atom. The van der Waals surface area contributed by atoms with Gasteiger partial charge in [0.25, 0.3) is 0 Å². The number of nitrogens with zero attached hydrogens (tertiary/aromatic N) is 1. The third-order valence-corrected chi connectivity index (χ3v) is 4.60. The highest BCUT2D eigenvalue weighted by molar-refractivity contribution is 5.43. The average molecular weight is 300 g/mol. The topological polar surface area (TPSA) is 24.9 Å². The summed E-state index contributed by atoms with van der Waals surface area (Å²) in [5, 5.41) is 3.69. The minimum atomic E-state index is 0.265. The molecule has 2 heterocycles. The van der Waals surface area contributed by atoms with Crippen LogP contribution in [0.1, 0.15) is 33.9 Å². The zero-order valence-corrected chi connectivity index (χ0v) is 13.1. The van der Waals surface area contributed by atoms with Crippen LogP contribution in [0.5, 0.6) is 0 Å². The monoisotopic (exact) mass is 300 g/mol. The number of pyridine rings is 1. The first-order chi connectivity index (χ1) is 11.4. The van der Waals surface area contributed by atoms with Crippen LogP contribution in [0.2, 0.25) is 0 Å². The lowest BCUT2D eigenvalue weighted by atomic mass is 9.87. The first kappa shape index (κ1) is 14.2. The van der Waals surface area contributed by atoms with Crippen LogP contribution in [0.3, 0.4) is 0 Å². The van der Waals surface area contributed by atoms with Crippen LogP contribution in [0.25, 0.3) is 0 Å². The highest BCUT2D eigenvalue weighted by Gasteiger charge is 2.22. The van der Waals surface area contributed by atoms with E-state index in [1.165, 1.54) is 27.8 Å². The lowest BCUT2D eigenvalue weighted by molar-refractivity contribution is 0.563. The van der Waals surface area contributed by atoms with Gasteiger partial charge in [0.1, 0.15) is 0 Å². The van der Waals surface area contributed by atoms with Gasteiger partial charge in [0.2, 0.25) is 0 Å². The van der Waals surface area contributed by atoms with Crippen LogP contribution in [0.4, 0.5) is 0 Å². The maximum atomic E-state index is 4.29. The van der Waals surface area contributed by atoms with Crippen LogP contribution in [-0.4, -0.2) is 11.5 Å². The van der Waals surface area contributed by atoms with Gasteiger partial charge >= 0.3 is 0 Å². The van der Waals surface area contributed by atoms with E-state index < -0.39 is 0 Å². The number of hydrogen-bond donors (Lipinski definition) is 1. The maximum Gasteiger partial charge on any atom is 0.0583 e. The van der Waals surface area contributed by atoms with Crippen molar-refractivity contribution < 1.29 is 0 Å². The van der Waals surface area contributed by atoms with E-state index in [0.29, 0.717) is 0 Å². The highest BCUT2D eigenvalue weighted by Crippen LogP contribution is 2.31. The molecule has 0 radical (unpaired) electrons. The minimum Gasteiger partial charge on any atom is -0.306 e. The summed E-state index contributed by atoms with van der Waals surface area (Å²) in [6.07, 6.45) is 5.94. The fourth-order valence-electron chi connectivity index (χ4n) is 3.46. The molecule has 0 fully saturated rings. The predicted molar refractivity (Wildman–Crippen MR) is 93.5 cm³/mol. The van der Waals surface area contributed by atoms with Gasteiger partial charge in [-0.2, -0.15) is 0 Å². The second-order valence-corrected chi connectivity index (χ2v) is 6.07. The summed E-state index contributed by atoms with van der Waals surface area (Å²) in [7, 11) is 0. The molecule has 114 valence electrons. The highest BCUT2D eigenvalue weighted by atomic mass is 14.9. The van der Waals surface area contributed by atoms with E-state index in [1.54, 1.807) is 0 Å². The molecule has 0 bridgehead atoms. The molecule has 2 nitrogen and oxygen atoms in total. The van der Waals surface area contributed by atoms with Crippen LogP contribution < -0.4 is 5.32 Å². The Labute approximate surface area is 137 Å². The molecule has 0 aliphatic carbocycles. The molecule has 4 rings (SSSR count). The molecule has 1 aliphatic heterocycles. The van der Waals surface area contributed by atoms with Crippen LogP contribution in [0.15, 0.2) is 73.1 Å². The molecule has 1 N–H and O–H groups in total. The summed E-state index contributed by atoms with van der Waals surface area (Å²) in [6, 6.07) is 21.9. The van der Waals surface area contributed by atoms with Gasteiger partial charge < -0.3 is 5.32 Å². The van der Waals surface area contributed by atoms with Crippen molar-refractivity contribution >= 4 is 0 Å².